The number of nitrogens with one attached hydrogen (secondary N) is 1. The Morgan fingerprint density at radius 1 is 1.06 bits per heavy atom. The minimum absolute atomic E-state index is 0.228. The van der Waals surface area contributed by atoms with Crippen LogP contribution in [-0.4, -0.2) is 33.9 Å². The van der Waals surface area contributed by atoms with Gasteiger partial charge in [0, 0.05) is 42.0 Å². The van der Waals surface area contributed by atoms with Crippen LogP contribution in [0.1, 0.15) is 44.1 Å². The molecule has 2 N–H and O–H groups in total. The maximum Gasteiger partial charge on any atom is 0.303 e. The van der Waals surface area contributed by atoms with Gasteiger partial charge in [0.25, 0.3) is 0 Å². The fraction of sp³-hybridized carbons (Fsp3) is 0.360. The monoisotopic (exact) mass is 419 g/mol. The summed E-state index contributed by atoms with van der Waals surface area (Å²) in [6, 6.07) is 17.5. The number of carboxylic acids is 1. The molecule has 31 heavy (non-hydrogen) atoms. The van der Waals surface area contributed by atoms with Gasteiger partial charge in [0.15, 0.2) is 0 Å². The molecule has 1 aliphatic carbocycles. The minimum Gasteiger partial charge on any atom is -0.493 e. The Kier molecular flexibility index (Phi) is 6.87. The number of anilines is 1. The van der Waals surface area contributed by atoms with Crippen molar-refractivity contribution in [3.63, 3.8) is 0 Å². The second-order valence-electron chi connectivity index (χ2n) is 8.05. The van der Waals surface area contributed by atoms with Crippen molar-refractivity contribution >= 4 is 11.7 Å². The van der Waals surface area contributed by atoms with Crippen molar-refractivity contribution < 1.29 is 14.6 Å². The van der Waals surface area contributed by atoms with Gasteiger partial charge in [-0.15, -0.1) is 0 Å². The van der Waals surface area contributed by atoms with Crippen molar-refractivity contribution in [3.05, 3.63) is 66.5 Å². The minimum atomic E-state index is -0.732. The van der Waals surface area contributed by atoms with E-state index in [9.17, 15) is 4.79 Å². The molecule has 1 aromatic heterocycles. The summed E-state index contributed by atoms with van der Waals surface area (Å²) in [5, 5.41) is 15.6. The van der Waals surface area contributed by atoms with Crippen LogP contribution in [0.15, 0.2) is 60.9 Å². The Bertz CT molecular complexity index is 966. The van der Waals surface area contributed by atoms with Crippen LogP contribution in [-0.2, 0) is 11.3 Å². The lowest BCUT2D eigenvalue weighted by molar-refractivity contribution is -0.137. The number of H-pyrrole nitrogens is 1. The fourth-order valence-electron chi connectivity index (χ4n) is 3.77. The highest BCUT2D eigenvalue weighted by molar-refractivity contribution is 5.66. The third-order valence-electron chi connectivity index (χ3n) is 5.62. The number of aromatic amines is 1. The van der Waals surface area contributed by atoms with E-state index in [4.69, 9.17) is 9.84 Å². The average Bonchev–Trinajstić information content (AvgIpc) is 3.48. The van der Waals surface area contributed by atoms with E-state index < -0.39 is 5.97 Å². The van der Waals surface area contributed by atoms with Gasteiger partial charge in [-0.3, -0.25) is 9.89 Å². The van der Waals surface area contributed by atoms with Crippen LogP contribution in [0.3, 0.4) is 0 Å². The Morgan fingerprint density at radius 2 is 1.87 bits per heavy atom. The predicted molar refractivity (Wildman–Crippen MR) is 121 cm³/mol. The van der Waals surface area contributed by atoms with Gasteiger partial charge in [-0.1, -0.05) is 30.3 Å². The second kappa shape index (κ2) is 10.2. The standard InChI is InChI=1S/C25H29N3O3/c29-25(30)8-2-1-5-15-31-24-7-4-3-6-20(24)18-28(23-13-14-23)22-11-9-19(10-12-22)21-16-26-27-17-21/h3-4,6-7,9-12,16-17,23H,1-2,5,8,13-15,18H2,(H,26,27)(H,29,30). The highest BCUT2D eigenvalue weighted by Gasteiger charge is 2.29. The second-order valence-corrected chi connectivity index (χ2v) is 8.05. The molecule has 2 aromatic carbocycles. The number of benzene rings is 2. The number of aliphatic carboxylic acids is 1. The molecule has 162 valence electrons. The lowest BCUT2D eigenvalue weighted by Gasteiger charge is -2.26. The molecule has 0 amide bonds. The van der Waals surface area contributed by atoms with E-state index in [0.29, 0.717) is 19.1 Å². The maximum absolute atomic E-state index is 10.6. The Morgan fingerprint density at radius 3 is 2.58 bits per heavy atom. The molecular weight excluding hydrogens is 390 g/mol. The molecule has 1 saturated carbocycles. The smallest absolute Gasteiger partial charge is 0.303 e. The molecule has 1 heterocycles. The van der Waals surface area contributed by atoms with Crippen LogP contribution < -0.4 is 9.64 Å². The molecule has 0 saturated heterocycles. The lowest BCUT2D eigenvalue weighted by atomic mass is 10.1. The Balaban J connectivity index is 1.39. The van der Waals surface area contributed by atoms with Crippen LogP contribution in [0.5, 0.6) is 5.75 Å². The van der Waals surface area contributed by atoms with E-state index in [0.717, 1.165) is 36.3 Å². The zero-order valence-electron chi connectivity index (χ0n) is 17.7. The molecule has 4 rings (SSSR count). The normalized spacial score (nSPS) is 13.2. The van der Waals surface area contributed by atoms with Gasteiger partial charge in [0.05, 0.1) is 12.8 Å². The summed E-state index contributed by atoms with van der Waals surface area (Å²) in [5.41, 5.74) is 4.64. The summed E-state index contributed by atoms with van der Waals surface area (Å²) in [6.45, 7) is 1.42. The number of carbonyl (C=O) groups is 1. The summed E-state index contributed by atoms with van der Waals surface area (Å²) in [5.74, 6) is 0.186. The van der Waals surface area contributed by atoms with Gasteiger partial charge in [-0.25, -0.2) is 0 Å². The van der Waals surface area contributed by atoms with Crippen molar-refractivity contribution in [1.82, 2.24) is 10.2 Å². The van der Waals surface area contributed by atoms with E-state index in [1.807, 2.05) is 24.5 Å². The quantitative estimate of drug-likeness (QED) is 0.391. The zero-order valence-corrected chi connectivity index (χ0v) is 17.7. The van der Waals surface area contributed by atoms with Gasteiger partial charge in [-0.2, -0.15) is 5.10 Å². The van der Waals surface area contributed by atoms with Crippen molar-refractivity contribution in [1.29, 1.82) is 0 Å². The fourth-order valence-corrected chi connectivity index (χ4v) is 3.77. The van der Waals surface area contributed by atoms with Crippen LogP contribution >= 0.6 is 0 Å². The molecule has 0 spiro atoms. The van der Waals surface area contributed by atoms with Crippen LogP contribution in [0.4, 0.5) is 5.69 Å². The molecule has 1 aliphatic rings. The van der Waals surface area contributed by atoms with Gasteiger partial charge in [0.1, 0.15) is 5.75 Å². The highest BCUT2D eigenvalue weighted by atomic mass is 16.5. The van der Waals surface area contributed by atoms with Crippen LogP contribution in [0, 0.1) is 0 Å². The van der Waals surface area contributed by atoms with Gasteiger partial charge in [0.2, 0.25) is 0 Å². The summed E-state index contributed by atoms with van der Waals surface area (Å²) in [4.78, 5) is 13.1. The molecule has 0 atom stereocenters. The molecule has 0 bridgehead atoms. The number of unbranched alkanes of at least 4 members (excludes halogenated alkanes) is 2. The summed E-state index contributed by atoms with van der Waals surface area (Å²) >= 11 is 0. The number of para-hydroxylation sites is 1. The summed E-state index contributed by atoms with van der Waals surface area (Å²) in [6.07, 6.45) is 8.84. The molecule has 6 nitrogen and oxygen atoms in total. The van der Waals surface area contributed by atoms with Crippen molar-refractivity contribution in [2.75, 3.05) is 11.5 Å². The molecule has 0 radical (unpaired) electrons. The number of rotatable bonds is 12. The first-order valence-corrected chi connectivity index (χ1v) is 11.0. The maximum atomic E-state index is 10.6. The van der Waals surface area contributed by atoms with Crippen molar-refractivity contribution in [2.45, 2.75) is 51.1 Å². The zero-order chi connectivity index (χ0) is 21.5. The first-order valence-electron chi connectivity index (χ1n) is 11.0. The third kappa shape index (κ3) is 5.87. The Labute approximate surface area is 182 Å². The number of aromatic nitrogens is 2. The van der Waals surface area contributed by atoms with E-state index in [1.54, 1.807) is 0 Å². The number of hydrogen-bond donors (Lipinski definition) is 2. The largest absolute Gasteiger partial charge is 0.493 e. The molecule has 6 heteroatoms. The number of hydrogen-bond acceptors (Lipinski definition) is 4. The van der Waals surface area contributed by atoms with Crippen LogP contribution in [0.2, 0.25) is 0 Å². The van der Waals surface area contributed by atoms with Gasteiger partial charge in [-0.05, 0) is 55.9 Å². The topological polar surface area (TPSA) is 78.5 Å². The highest BCUT2D eigenvalue weighted by Crippen LogP contribution is 2.35. The Hall–Kier alpha value is -3.28. The lowest BCUT2D eigenvalue weighted by Crippen LogP contribution is -2.25. The number of nitrogens with zero attached hydrogens (tertiary/aromatic N) is 2. The van der Waals surface area contributed by atoms with E-state index in [-0.39, 0.29) is 6.42 Å². The van der Waals surface area contributed by atoms with E-state index in [2.05, 4.69) is 51.5 Å². The molecule has 3 aromatic rings. The molecule has 0 aliphatic heterocycles. The van der Waals surface area contributed by atoms with Crippen LogP contribution in [0.25, 0.3) is 11.1 Å². The first kappa shape index (κ1) is 21.0. The number of ether oxygens (including phenoxy) is 1. The van der Waals surface area contributed by atoms with E-state index >= 15 is 0 Å². The molecular formula is C25H29N3O3. The van der Waals surface area contributed by atoms with Gasteiger partial charge < -0.3 is 14.7 Å². The van der Waals surface area contributed by atoms with Crippen molar-refractivity contribution in [3.8, 4) is 16.9 Å². The van der Waals surface area contributed by atoms with E-state index in [1.165, 1.54) is 24.1 Å². The number of carboxylic acid groups (broad SMARTS) is 1. The molecule has 0 unspecified atom stereocenters. The average molecular weight is 420 g/mol. The molecule has 1 fully saturated rings. The van der Waals surface area contributed by atoms with Gasteiger partial charge >= 0.3 is 5.97 Å². The third-order valence-corrected chi connectivity index (χ3v) is 5.62. The van der Waals surface area contributed by atoms with Crippen molar-refractivity contribution in [2.24, 2.45) is 0 Å². The SMILES string of the molecule is O=C(O)CCCCCOc1ccccc1CN(c1ccc(-c2cn[nH]c2)cc1)C1CC1. The first-order chi connectivity index (χ1) is 15.2. The predicted octanol–water partition coefficient (Wildman–Crippen LogP) is 5.27. The summed E-state index contributed by atoms with van der Waals surface area (Å²) in [7, 11) is 0. The summed E-state index contributed by atoms with van der Waals surface area (Å²) < 4.78 is 6.06.